The first-order valence-corrected chi connectivity index (χ1v) is 9.66. The first-order chi connectivity index (χ1) is 14.1. The molecule has 4 aromatic rings. The lowest BCUT2D eigenvalue weighted by Crippen LogP contribution is -2.06. The molecule has 4 nitrogen and oxygen atoms in total. The smallest absolute Gasteiger partial charge is 0.216 e. The average Bonchev–Trinajstić information content (AvgIpc) is 3.13. The first kappa shape index (κ1) is 19.0. The zero-order valence-corrected chi connectivity index (χ0v) is 16.6. The van der Waals surface area contributed by atoms with Crippen LogP contribution in [0.2, 0.25) is 0 Å². The summed E-state index contributed by atoms with van der Waals surface area (Å²) in [6.45, 7) is 1.95. The number of benzene rings is 3. The van der Waals surface area contributed by atoms with Crippen molar-refractivity contribution < 1.29 is 4.39 Å². The highest BCUT2D eigenvalue weighted by Gasteiger charge is 2.18. The molecule has 0 saturated carbocycles. The van der Waals surface area contributed by atoms with Crippen molar-refractivity contribution in [1.82, 2.24) is 14.9 Å². The summed E-state index contributed by atoms with van der Waals surface area (Å²) in [6, 6.07) is 24.5. The van der Waals surface area contributed by atoms with Crippen LogP contribution >= 0.6 is 12.2 Å². The van der Waals surface area contributed by atoms with Crippen molar-refractivity contribution in [1.29, 1.82) is 0 Å². The molecule has 0 amide bonds. The van der Waals surface area contributed by atoms with Gasteiger partial charge in [-0.05, 0) is 35.0 Å². The minimum absolute atomic E-state index is 0.199. The number of halogens is 1. The Hall–Kier alpha value is -3.38. The number of nitrogens with one attached hydrogen (secondary N) is 1. The van der Waals surface area contributed by atoms with Gasteiger partial charge < -0.3 is 0 Å². The Kier molecular flexibility index (Phi) is 5.44. The maximum Gasteiger partial charge on any atom is 0.216 e. The summed E-state index contributed by atoms with van der Waals surface area (Å²) in [5.41, 5.74) is 3.17. The molecule has 1 aromatic heterocycles. The third-order valence-electron chi connectivity index (χ3n) is 4.76. The van der Waals surface area contributed by atoms with Crippen molar-refractivity contribution in [2.24, 2.45) is 5.10 Å². The maximum atomic E-state index is 14.8. The van der Waals surface area contributed by atoms with Gasteiger partial charge in [-0.3, -0.25) is 5.10 Å². The lowest BCUT2D eigenvalue weighted by atomic mass is 9.96. The largest absolute Gasteiger partial charge is 0.250 e. The molecule has 0 bridgehead atoms. The van der Waals surface area contributed by atoms with Crippen LogP contribution in [-0.4, -0.2) is 21.1 Å². The van der Waals surface area contributed by atoms with E-state index in [2.05, 4.69) is 15.3 Å². The Bertz CT molecular complexity index is 1200. The molecule has 29 heavy (non-hydrogen) atoms. The summed E-state index contributed by atoms with van der Waals surface area (Å²) in [7, 11) is 0. The highest BCUT2D eigenvalue weighted by atomic mass is 32.1. The fraction of sp³-hybridized carbons (Fsp3) is 0.0870. The molecule has 0 spiro atoms. The van der Waals surface area contributed by atoms with Gasteiger partial charge in [0.15, 0.2) is 5.82 Å². The molecule has 0 aliphatic heterocycles. The molecule has 0 aliphatic rings. The van der Waals surface area contributed by atoms with E-state index in [0.717, 1.165) is 16.7 Å². The molecule has 0 aliphatic carbocycles. The van der Waals surface area contributed by atoms with Crippen molar-refractivity contribution >= 4 is 18.4 Å². The number of rotatable bonds is 5. The van der Waals surface area contributed by atoms with Crippen LogP contribution in [0.4, 0.5) is 4.39 Å². The van der Waals surface area contributed by atoms with Gasteiger partial charge in [0.1, 0.15) is 5.82 Å². The number of hydrogen-bond acceptors (Lipinski definition) is 3. The molecule has 0 fully saturated rings. The van der Waals surface area contributed by atoms with Crippen molar-refractivity contribution in [3.05, 3.63) is 106 Å². The summed E-state index contributed by atoms with van der Waals surface area (Å²) in [5, 5.41) is 11.6. The van der Waals surface area contributed by atoms with Crippen molar-refractivity contribution in [3.8, 4) is 11.1 Å². The van der Waals surface area contributed by atoms with E-state index in [-0.39, 0.29) is 11.7 Å². The Morgan fingerprint density at radius 2 is 1.72 bits per heavy atom. The Morgan fingerprint density at radius 1 is 1.03 bits per heavy atom. The minimum atomic E-state index is -0.269. The normalized spacial score (nSPS) is 12.3. The van der Waals surface area contributed by atoms with Gasteiger partial charge in [-0.2, -0.15) is 14.9 Å². The molecule has 0 radical (unpaired) electrons. The van der Waals surface area contributed by atoms with Gasteiger partial charge in [0.05, 0.1) is 6.21 Å². The molecule has 1 heterocycles. The Labute approximate surface area is 173 Å². The number of aromatic amines is 1. The predicted molar refractivity (Wildman–Crippen MR) is 116 cm³/mol. The molecule has 3 aromatic carbocycles. The van der Waals surface area contributed by atoms with E-state index >= 15 is 0 Å². The third-order valence-corrected chi connectivity index (χ3v) is 5.03. The standard InChI is InChI=1S/C23H19FN4S/c1-16(19-12-13-20(21(24)14-19)18-10-6-3-7-11-18)22-26-27-23(29)28(22)25-15-17-8-4-2-5-9-17/h2-16H,1H3,(H,27,29). The van der Waals surface area contributed by atoms with E-state index in [9.17, 15) is 4.39 Å². The maximum absolute atomic E-state index is 14.8. The van der Waals surface area contributed by atoms with E-state index in [4.69, 9.17) is 12.2 Å². The van der Waals surface area contributed by atoms with Crippen LogP contribution in [0.25, 0.3) is 11.1 Å². The fourth-order valence-corrected chi connectivity index (χ4v) is 3.35. The molecule has 6 heteroatoms. The lowest BCUT2D eigenvalue weighted by Gasteiger charge is -2.13. The number of nitrogens with zero attached hydrogens (tertiary/aromatic N) is 3. The molecule has 1 atom stereocenters. The van der Waals surface area contributed by atoms with Crippen molar-refractivity contribution in [3.63, 3.8) is 0 Å². The quantitative estimate of drug-likeness (QED) is 0.340. The molecule has 1 unspecified atom stereocenters. The van der Waals surface area contributed by atoms with E-state index < -0.39 is 0 Å². The van der Waals surface area contributed by atoms with Crippen LogP contribution < -0.4 is 0 Å². The van der Waals surface area contributed by atoms with E-state index in [1.54, 1.807) is 23.0 Å². The summed E-state index contributed by atoms with van der Waals surface area (Å²) in [4.78, 5) is 0. The van der Waals surface area contributed by atoms with Gasteiger partial charge in [-0.1, -0.05) is 79.7 Å². The first-order valence-electron chi connectivity index (χ1n) is 9.25. The van der Waals surface area contributed by atoms with E-state index in [1.165, 1.54) is 0 Å². The van der Waals surface area contributed by atoms with Gasteiger partial charge in [-0.25, -0.2) is 4.39 Å². The fourth-order valence-electron chi connectivity index (χ4n) is 3.16. The van der Waals surface area contributed by atoms with Crippen molar-refractivity contribution in [2.45, 2.75) is 12.8 Å². The molecular formula is C23H19FN4S. The van der Waals surface area contributed by atoms with Crippen LogP contribution in [0.5, 0.6) is 0 Å². The average molecular weight is 402 g/mol. The number of hydrogen-bond donors (Lipinski definition) is 1. The number of aromatic nitrogens is 3. The number of H-pyrrole nitrogens is 1. The molecule has 144 valence electrons. The van der Waals surface area contributed by atoms with E-state index in [1.807, 2.05) is 73.7 Å². The highest BCUT2D eigenvalue weighted by molar-refractivity contribution is 7.71. The Morgan fingerprint density at radius 3 is 2.41 bits per heavy atom. The lowest BCUT2D eigenvalue weighted by molar-refractivity contribution is 0.625. The zero-order valence-electron chi connectivity index (χ0n) is 15.8. The van der Waals surface area contributed by atoms with E-state index in [0.29, 0.717) is 16.2 Å². The highest BCUT2D eigenvalue weighted by Crippen LogP contribution is 2.28. The molecule has 4 rings (SSSR count). The van der Waals surface area contributed by atoms with Gasteiger partial charge in [0, 0.05) is 11.5 Å². The summed E-state index contributed by atoms with van der Waals surface area (Å²) >= 11 is 5.32. The van der Waals surface area contributed by atoms with Gasteiger partial charge in [0.25, 0.3) is 0 Å². The van der Waals surface area contributed by atoms with Crippen LogP contribution in [0.15, 0.2) is 84.0 Å². The summed E-state index contributed by atoms with van der Waals surface area (Å²) in [6.07, 6.45) is 1.72. The van der Waals surface area contributed by atoms with Gasteiger partial charge >= 0.3 is 0 Å². The van der Waals surface area contributed by atoms with Gasteiger partial charge in [-0.15, -0.1) is 0 Å². The second-order valence-electron chi connectivity index (χ2n) is 6.68. The molecule has 1 N–H and O–H groups in total. The zero-order chi connectivity index (χ0) is 20.2. The summed E-state index contributed by atoms with van der Waals surface area (Å²) in [5.74, 6) is 0.151. The second kappa shape index (κ2) is 8.32. The second-order valence-corrected chi connectivity index (χ2v) is 7.07. The molecule has 0 saturated heterocycles. The minimum Gasteiger partial charge on any atom is -0.250 e. The summed E-state index contributed by atoms with van der Waals surface area (Å²) < 4.78 is 16.8. The van der Waals surface area contributed by atoms with Crippen LogP contribution in [0.1, 0.15) is 29.8 Å². The topological polar surface area (TPSA) is 46.0 Å². The van der Waals surface area contributed by atoms with Gasteiger partial charge in [0.2, 0.25) is 4.77 Å². The Balaban J connectivity index is 1.65. The SMILES string of the molecule is CC(c1ccc(-c2ccccc2)c(F)c1)c1n[nH]c(=S)n1N=Cc1ccccc1. The molecular weight excluding hydrogens is 383 g/mol. The van der Waals surface area contributed by atoms with Crippen LogP contribution in [0.3, 0.4) is 0 Å². The third kappa shape index (κ3) is 4.07. The van der Waals surface area contributed by atoms with Crippen LogP contribution in [-0.2, 0) is 0 Å². The van der Waals surface area contributed by atoms with Crippen LogP contribution in [0, 0.1) is 10.6 Å². The predicted octanol–water partition coefficient (Wildman–Crippen LogP) is 5.78. The monoisotopic (exact) mass is 402 g/mol. The van der Waals surface area contributed by atoms with Crippen molar-refractivity contribution in [2.75, 3.05) is 0 Å².